The zero-order chi connectivity index (χ0) is 13.1. The summed E-state index contributed by atoms with van der Waals surface area (Å²) in [7, 11) is 0. The van der Waals surface area contributed by atoms with Crippen molar-refractivity contribution in [3.8, 4) is 0 Å². The van der Waals surface area contributed by atoms with Gasteiger partial charge in [0.25, 0.3) is 0 Å². The van der Waals surface area contributed by atoms with Crippen molar-refractivity contribution in [1.82, 2.24) is 0 Å². The van der Waals surface area contributed by atoms with E-state index in [0.29, 0.717) is 11.9 Å². The highest BCUT2D eigenvalue weighted by molar-refractivity contribution is 8.89. The van der Waals surface area contributed by atoms with Crippen molar-refractivity contribution in [2.45, 2.75) is 45.8 Å². The lowest BCUT2D eigenvalue weighted by Gasteiger charge is -2.19. The zero-order valence-corrected chi connectivity index (χ0v) is 14.7. The number of hydrogen-bond donors (Lipinski definition) is 0. The second-order valence-electron chi connectivity index (χ2n) is 3.48. The molecule has 0 saturated carbocycles. The maximum atomic E-state index is 12.5. The topological polar surface area (TPSA) is 26.3 Å². The van der Waals surface area contributed by atoms with Crippen molar-refractivity contribution in [3.05, 3.63) is 0 Å². The van der Waals surface area contributed by atoms with E-state index in [4.69, 9.17) is 4.52 Å². The standard InChI is InChI=1S/C11H25O2PS3/c1-5-9-16-14(12,13-7-3)17-10-11(6-2)15-8-4/h11H,5-10H2,1-4H3. The Balaban J connectivity index is 4.18. The van der Waals surface area contributed by atoms with E-state index in [1.54, 1.807) is 0 Å². The summed E-state index contributed by atoms with van der Waals surface area (Å²) >= 11 is 4.99. The second-order valence-corrected chi connectivity index (χ2v) is 12.6. The Kier molecular flexibility index (Phi) is 11.9. The summed E-state index contributed by atoms with van der Waals surface area (Å²) in [5.41, 5.74) is 0. The number of thioether (sulfide) groups is 1. The van der Waals surface area contributed by atoms with Crippen LogP contribution in [0, 0.1) is 0 Å². The molecule has 0 fully saturated rings. The largest absolute Gasteiger partial charge is 0.314 e. The highest BCUT2D eigenvalue weighted by Crippen LogP contribution is 2.70. The van der Waals surface area contributed by atoms with Crippen LogP contribution in [0.3, 0.4) is 0 Å². The van der Waals surface area contributed by atoms with Crippen LogP contribution in [0.2, 0.25) is 0 Å². The molecule has 0 aliphatic carbocycles. The van der Waals surface area contributed by atoms with Gasteiger partial charge in [-0.1, -0.05) is 43.5 Å². The Morgan fingerprint density at radius 2 is 1.88 bits per heavy atom. The molecule has 2 atom stereocenters. The quantitative estimate of drug-likeness (QED) is 0.466. The third kappa shape index (κ3) is 8.88. The fraction of sp³-hybridized carbons (Fsp3) is 1.00. The van der Waals surface area contributed by atoms with E-state index < -0.39 is 5.77 Å². The first-order valence-electron chi connectivity index (χ1n) is 6.27. The Hall–Kier alpha value is 1.24. The lowest BCUT2D eigenvalue weighted by Crippen LogP contribution is -2.04. The predicted octanol–water partition coefficient (Wildman–Crippen LogP) is 5.54. The average Bonchev–Trinajstić information content (AvgIpc) is 2.32. The SMILES string of the molecule is CCCSP(=O)(OCC)SCC(CC)SCC. The normalized spacial score (nSPS) is 16.7. The van der Waals surface area contributed by atoms with Crippen LogP contribution in [0.25, 0.3) is 0 Å². The minimum atomic E-state index is -2.51. The van der Waals surface area contributed by atoms with Gasteiger partial charge in [0.1, 0.15) is 0 Å². The molecule has 0 aliphatic heterocycles. The van der Waals surface area contributed by atoms with E-state index in [9.17, 15) is 4.57 Å². The van der Waals surface area contributed by atoms with E-state index in [2.05, 4.69) is 20.8 Å². The monoisotopic (exact) mass is 316 g/mol. The average molecular weight is 316 g/mol. The van der Waals surface area contributed by atoms with Gasteiger partial charge in [0, 0.05) is 16.8 Å². The van der Waals surface area contributed by atoms with E-state index in [1.165, 1.54) is 22.8 Å². The summed E-state index contributed by atoms with van der Waals surface area (Å²) in [5, 5.41) is 0.598. The van der Waals surface area contributed by atoms with Crippen LogP contribution in [-0.2, 0) is 9.09 Å². The molecule has 2 unspecified atom stereocenters. The molecule has 0 amide bonds. The molecule has 0 spiro atoms. The third-order valence-electron chi connectivity index (χ3n) is 2.02. The van der Waals surface area contributed by atoms with E-state index in [-0.39, 0.29) is 0 Å². The van der Waals surface area contributed by atoms with Crippen molar-refractivity contribution in [1.29, 1.82) is 0 Å². The molecule has 0 radical (unpaired) electrons. The molecule has 0 aromatic rings. The highest BCUT2D eigenvalue weighted by Gasteiger charge is 2.25. The summed E-state index contributed by atoms with van der Waals surface area (Å²) in [6.07, 6.45) is 2.18. The van der Waals surface area contributed by atoms with Crippen LogP contribution >= 0.6 is 40.3 Å². The van der Waals surface area contributed by atoms with Crippen LogP contribution in [0.5, 0.6) is 0 Å². The van der Waals surface area contributed by atoms with Crippen LogP contribution in [0.1, 0.15) is 40.5 Å². The maximum Gasteiger partial charge on any atom is 0.313 e. The predicted molar refractivity (Wildman–Crippen MR) is 86.7 cm³/mol. The summed E-state index contributed by atoms with van der Waals surface area (Å²) in [6.45, 7) is 8.93. The Bertz CT molecular complexity index is 227. The third-order valence-corrected chi connectivity index (χ3v) is 11.3. The zero-order valence-electron chi connectivity index (χ0n) is 11.3. The van der Waals surface area contributed by atoms with Gasteiger partial charge in [-0.15, -0.1) is 0 Å². The van der Waals surface area contributed by atoms with Gasteiger partial charge in [-0.2, -0.15) is 11.8 Å². The van der Waals surface area contributed by atoms with Gasteiger partial charge in [0.2, 0.25) is 0 Å². The molecule has 0 saturated heterocycles. The Morgan fingerprint density at radius 3 is 2.35 bits per heavy atom. The van der Waals surface area contributed by atoms with Crippen molar-refractivity contribution in [2.24, 2.45) is 0 Å². The molecule has 0 aromatic carbocycles. The molecule has 0 aliphatic rings. The lowest BCUT2D eigenvalue weighted by molar-refractivity contribution is 0.357. The summed E-state index contributed by atoms with van der Waals surface area (Å²) in [4.78, 5) is 0. The fourth-order valence-electron chi connectivity index (χ4n) is 1.17. The first-order chi connectivity index (χ1) is 8.11. The van der Waals surface area contributed by atoms with Crippen LogP contribution in [-0.4, -0.2) is 29.1 Å². The molecule has 0 aromatic heterocycles. The van der Waals surface area contributed by atoms with E-state index in [0.717, 1.165) is 30.1 Å². The Labute approximate surface area is 119 Å². The maximum absolute atomic E-state index is 12.5. The molecule has 104 valence electrons. The first-order valence-corrected chi connectivity index (χ1v) is 12.1. The van der Waals surface area contributed by atoms with Gasteiger partial charge in [0.05, 0.1) is 6.61 Å². The van der Waals surface area contributed by atoms with Gasteiger partial charge in [-0.25, -0.2) is 0 Å². The highest BCUT2D eigenvalue weighted by atomic mass is 33.1. The molecule has 2 nitrogen and oxygen atoms in total. The van der Waals surface area contributed by atoms with Crippen molar-refractivity contribution in [3.63, 3.8) is 0 Å². The first kappa shape index (κ1) is 18.2. The molecule has 6 heteroatoms. The van der Waals surface area contributed by atoms with Crippen molar-refractivity contribution in [2.75, 3.05) is 23.9 Å². The molecule has 0 N–H and O–H groups in total. The molecule has 0 rings (SSSR count). The van der Waals surface area contributed by atoms with Gasteiger partial charge in [0.15, 0.2) is 0 Å². The van der Waals surface area contributed by atoms with Gasteiger partial charge in [-0.3, -0.25) is 4.57 Å². The minimum absolute atomic E-state index is 0.540. The van der Waals surface area contributed by atoms with Gasteiger partial charge in [-0.05, 0) is 25.5 Å². The van der Waals surface area contributed by atoms with Crippen molar-refractivity contribution >= 4 is 40.3 Å². The molecular formula is C11H25O2PS3. The fourth-order valence-corrected chi connectivity index (χ4v) is 9.79. The van der Waals surface area contributed by atoms with E-state index in [1.807, 2.05) is 18.7 Å². The summed E-state index contributed by atoms with van der Waals surface area (Å²) in [6, 6.07) is 0. The van der Waals surface area contributed by atoms with Crippen LogP contribution < -0.4 is 0 Å². The summed E-state index contributed by atoms with van der Waals surface area (Å²) in [5.74, 6) is 0.471. The van der Waals surface area contributed by atoms with Gasteiger partial charge < -0.3 is 4.52 Å². The minimum Gasteiger partial charge on any atom is -0.314 e. The molecular weight excluding hydrogens is 291 g/mol. The Morgan fingerprint density at radius 1 is 1.18 bits per heavy atom. The molecule has 0 heterocycles. The van der Waals surface area contributed by atoms with E-state index >= 15 is 0 Å². The number of rotatable bonds is 11. The van der Waals surface area contributed by atoms with Crippen LogP contribution in [0.15, 0.2) is 0 Å². The smallest absolute Gasteiger partial charge is 0.313 e. The molecule has 0 bridgehead atoms. The lowest BCUT2D eigenvalue weighted by atomic mass is 10.4. The second kappa shape index (κ2) is 11.1. The van der Waals surface area contributed by atoms with Crippen LogP contribution in [0.4, 0.5) is 0 Å². The van der Waals surface area contributed by atoms with Gasteiger partial charge >= 0.3 is 5.77 Å². The molecule has 17 heavy (non-hydrogen) atoms. The number of hydrogen-bond acceptors (Lipinski definition) is 5. The van der Waals surface area contributed by atoms with Crippen molar-refractivity contribution < 1.29 is 9.09 Å². The summed E-state index contributed by atoms with van der Waals surface area (Å²) < 4.78 is 18.0.